The molecule has 36 heavy (non-hydrogen) atoms. The van der Waals surface area contributed by atoms with E-state index in [4.69, 9.17) is 32.5 Å². The molecule has 3 heterocycles. The average molecular weight is 523 g/mol. The van der Waals surface area contributed by atoms with Crippen molar-refractivity contribution in [3.63, 3.8) is 0 Å². The molecule has 1 aromatic heterocycles. The third-order valence-electron chi connectivity index (χ3n) is 6.52. The molecule has 0 saturated carbocycles. The van der Waals surface area contributed by atoms with Gasteiger partial charge in [-0.1, -0.05) is 0 Å². The van der Waals surface area contributed by atoms with E-state index >= 15 is 0 Å². The topological polar surface area (TPSA) is 106 Å². The first-order valence-corrected chi connectivity index (χ1v) is 15.9. The minimum absolute atomic E-state index is 0.145. The second kappa shape index (κ2) is 10.4. The Morgan fingerprint density at radius 1 is 1.14 bits per heavy atom. The second-order valence-electron chi connectivity index (χ2n) is 11.0. The van der Waals surface area contributed by atoms with Gasteiger partial charge >= 0.3 is 5.63 Å². The van der Waals surface area contributed by atoms with Crippen molar-refractivity contribution in [2.45, 2.75) is 96.2 Å². The molecule has 0 spiro atoms. The van der Waals surface area contributed by atoms with Gasteiger partial charge in [0.1, 0.15) is 29.3 Å². The van der Waals surface area contributed by atoms with Crippen molar-refractivity contribution in [1.82, 2.24) is 0 Å². The molecule has 2 aliphatic heterocycles. The van der Waals surface area contributed by atoms with E-state index < -0.39 is 50.4 Å². The molecule has 10 heteroatoms. The van der Waals surface area contributed by atoms with E-state index in [1.54, 1.807) is 26.2 Å². The first kappa shape index (κ1) is 27.1. The van der Waals surface area contributed by atoms with Gasteiger partial charge in [-0.15, -0.1) is 0 Å². The number of rotatable bonds is 7. The molecule has 9 nitrogen and oxygen atoms in total. The highest BCUT2D eigenvalue weighted by atomic mass is 28.4. The Bertz CT molecular complexity index is 1120. The van der Waals surface area contributed by atoms with Gasteiger partial charge in [0.2, 0.25) is 6.29 Å². The van der Waals surface area contributed by atoms with Gasteiger partial charge in [0.25, 0.3) is 0 Å². The van der Waals surface area contributed by atoms with E-state index in [1.165, 1.54) is 0 Å². The summed E-state index contributed by atoms with van der Waals surface area (Å²) in [5.41, 5.74) is -0.582. The van der Waals surface area contributed by atoms with Crippen LogP contribution in [0.1, 0.15) is 38.7 Å². The monoisotopic (exact) mass is 522 g/mol. The summed E-state index contributed by atoms with van der Waals surface area (Å²) in [6.07, 6.45) is -0.0233. The quantitative estimate of drug-likeness (QED) is 0.416. The minimum atomic E-state index is -2.04. The van der Waals surface area contributed by atoms with Crippen LogP contribution in [0.15, 0.2) is 27.4 Å². The van der Waals surface area contributed by atoms with Crippen LogP contribution in [-0.4, -0.2) is 63.6 Å². The second-order valence-corrected chi connectivity index (χ2v) is 15.4. The molecule has 1 unspecified atom stereocenters. The SMILES string of the molecule is CO[C@@H]1[C@@H](O[Si](C)(C)C)[C@@H](OC2CCCCO2)[C@H](Oc2ccc3c(O)cc(=O)oc3c2C)OC1(C)C. The third-order valence-corrected chi connectivity index (χ3v) is 7.50. The number of ether oxygens (including phenoxy) is 5. The number of fused-ring (bicyclic) bond motifs is 1. The summed E-state index contributed by atoms with van der Waals surface area (Å²) < 4.78 is 43.2. The van der Waals surface area contributed by atoms with Crippen molar-refractivity contribution in [2.24, 2.45) is 0 Å². The summed E-state index contributed by atoms with van der Waals surface area (Å²) in [7, 11) is -0.397. The maximum atomic E-state index is 11.9. The van der Waals surface area contributed by atoms with Crippen molar-refractivity contribution >= 4 is 19.3 Å². The number of hydrogen-bond donors (Lipinski definition) is 1. The largest absolute Gasteiger partial charge is 0.507 e. The summed E-state index contributed by atoms with van der Waals surface area (Å²) >= 11 is 0. The molecule has 0 radical (unpaired) electrons. The molecule has 0 amide bonds. The van der Waals surface area contributed by atoms with Crippen LogP contribution in [0, 0.1) is 6.92 Å². The Morgan fingerprint density at radius 3 is 2.53 bits per heavy atom. The normalized spacial score (nSPS) is 28.8. The maximum Gasteiger partial charge on any atom is 0.339 e. The lowest BCUT2D eigenvalue weighted by molar-refractivity contribution is -0.336. The van der Waals surface area contributed by atoms with Crippen LogP contribution in [-0.2, 0) is 23.4 Å². The molecule has 2 fully saturated rings. The number of methoxy groups -OCH3 is 1. The molecular formula is C26H38O9Si. The first-order valence-electron chi connectivity index (χ1n) is 12.5. The predicted molar refractivity (Wildman–Crippen MR) is 136 cm³/mol. The average Bonchev–Trinajstić information content (AvgIpc) is 2.78. The fourth-order valence-electron chi connectivity index (χ4n) is 4.92. The summed E-state index contributed by atoms with van der Waals surface area (Å²) in [5, 5.41) is 10.6. The van der Waals surface area contributed by atoms with Crippen molar-refractivity contribution in [2.75, 3.05) is 13.7 Å². The lowest BCUT2D eigenvalue weighted by Crippen LogP contribution is -2.67. The van der Waals surface area contributed by atoms with E-state index in [9.17, 15) is 9.90 Å². The zero-order valence-electron chi connectivity index (χ0n) is 22.2. The van der Waals surface area contributed by atoms with Gasteiger partial charge in [-0.25, -0.2) is 4.79 Å². The van der Waals surface area contributed by atoms with E-state index in [-0.39, 0.29) is 11.3 Å². The smallest absolute Gasteiger partial charge is 0.339 e. The first-order chi connectivity index (χ1) is 16.9. The van der Waals surface area contributed by atoms with Gasteiger partial charge in [-0.2, -0.15) is 0 Å². The van der Waals surface area contributed by atoms with E-state index in [0.717, 1.165) is 25.3 Å². The van der Waals surface area contributed by atoms with Gasteiger partial charge in [-0.3, -0.25) is 0 Å². The van der Waals surface area contributed by atoms with Crippen LogP contribution < -0.4 is 10.4 Å². The van der Waals surface area contributed by atoms with E-state index in [0.29, 0.717) is 23.3 Å². The Labute approximate surface area is 212 Å². The minimum Gasteiger partial charge on any atom is -0.507 e. The molecule has 200 valence electrons. The van der Waals surface area contributed by atoms with Gasteiger partial charge in [0.15, 0.2) is 20.7 Å². The van der Waals surface area contributed by atoms with Gasteiger partial charge in [-0.05, 0) is 71.8 Å². The highest BCUT2D eigenvalue weighted by Gasteiger charge is 2.54. The van der Waals surface area contributed by atoms with Crippen molar-refractivity contribution in [3.05, 3.63) is 34.2 Å². The van der Waals surface area contributed by atoms with Gasteiger partial charge in [0, 0.05) is 19.3 Å². The maximum absolute atomic E-state index is 11.9. The Morgan fingerprint density at radius 2 is 1.89 bits per heavy atom. The Hall–Kier alpha value is -1.95. The van der Waals surface area contributed by atoms with Crippen molar-refractivity contribution in [3.8, 4) is 11.5 Å². The molecular weight excluding hydrogens is 484 g/mol. The van der Waals surface area contributed by atoms with Crippen LogP contribution >= 0.6 is 0 Å². The molecule has 1 N–H and O–H groups in total. The van der Waals surface area contributed by atoms with Gasteiger partial charge in [0.05, 0.1) is 17.1 Å². The molecule has 1 aromatic carbocycles. The molecule has 2 aromatic rings. The zero-order chi connectivity index (χ0) is 26.3. The molecule has 2 aliphatic rings. The predicted octanol–water partition coefficient (Wildman–Crippen LogP) is 4.47. The van der Waals surface area contributed by atoms with Crippen molar-refractivity contribution in [1.29, 1.82) is 0 Å². The summed E-state index contributed by atoms with van der Waals surface area (Å²) in [4.78, 5) is 11.9. The Kier molecular flexibility index (Phi) is 7.85. The molecule has 0 aliphatic carbocycles. The summed E-state index contributed by atoms with van der Waals surface area (Å²) in [6, 6.07) is 4.42. The molecule has 2 saturated heterocycles. The lowest BCUT2D eigenvalue weighted by atomic mass is 9.89. The van der Waals surface area contributed by atoms with Crippen LogP contribution in [0.3, 0.4) is 0 Å². The van der Waals surface area contributed by atoms with Crippen LogP contribution in [0.2, 0.25) is 19.6 Å². The fraction of sp³-hybridized carbons (Fsp3) is 0.654. The van der Waals surface area contributed by atoms with Crippen LogP contribution in [0.25, 0.3) is 11.0 Å². The Balaban J connectivity index is 1.74. The molecule has 4 rings (SSSR count). The fourth-order valence-corrected chi connectivity index (χ4v) is 5.99. The summed E-state index contributed by atoms with van der Waals surface area (Å²) in [6.45, 7) is 12.6. The van der Waals surface area contributed by atoms with E-state index in [1.807, 2.05) is 13.8 Å². The summed E-state index contributed by atoms with van der Waals surface area (Å²) in [5.74, 6) is 0.297. The van der Waals surface area contributed by atoms with Gasteiger partial charge < -0.3 is 37.6 Å². The molecule has 0 bridgehead atoms. The number of benzene rings is 1. The van der Waals surface area contributed by atoms with Crippen LogP contribution in [0.5, 0.6) is 11.5 Å². The standard InChI is InChI=1S/C26H38O9Si/c1-15-18(12-11-16-17(27)14-19(28)32-21(15)16)31-25-23(33-20-10-8-9-13-30-20)22(35-36(5,6)7)24(29-4)26(2,3)34-25/h11-12,14,20,22-25,27H,8-10,13H2,1-7H3/t20?,22-,23+,24+,25+/m0/s1. The highest BCUT2D eigenvalue weighted by Crippen LogP contribution is 2.39. The highest BCUT2D eigenvalue weighted by molar-refractivity contribution is 6.69. The third kappa shape index (κ3) is 5.79. The molecule has 5 atom stereocenters. The van der Waals surface area contributed by atoms with E-state index in [2.05, 4.69) is 19.6 Å². The lowest BCUT2D eigenvalue weighted by Gasteiger charge is -2.51. The van der Waals surface area contributed by atoms with Crippen molar-refractivity contribution < 1.29 is 37.6 Å². The van der Waals surface area contributed by atoms with Crippen LogP contribution in [0.4, 0.5) is 0 Å². The number of hydrogen-bond acceptors (Lipinski definition) is 9. The number of aryl methyl sites for hydroxylation is 1. The number of aromatic hydroxyl groups is 1. The zero-order valence-corrected chi connectivity index (χ0v) is 23.2.